The average Bonchev–Trinajstić information content (AvgIpc) is 2.74. The number of amides is 1. The van der Waals surface area contributed by atoms with Gasteiger partial charge in [0.2, 0.25) is 5.91 Å². The zero-order chi connectivity index (χ0) is 15.3. The highest BCUT2D eigenvalue weighted by atomic mass is 79.9. The number of carbonyl (C=O) groups is 1. The Morgan fingerprint density at radius 3 is 2.57 bits per heavy atom. The molecule has 0 aromatic heterocycles. The summed E-state index contributed by atoms with van der Waals surface area (Å²) in [5.74, 6) is -0.298. The van der Waals surface area contributed by atoms with Crippen molar-refractivity contribution in [1.29, 1.82) is 0 Å². The van der Waals surface area contributed by atoms with Crippen molar-refractivity contribution in [3.63, 3.8) is 0 Å². The first-order chi connectivity index (χ1) is 10.1. The Morgan fingerprint density at radius 1 is 1.29 bits per heavy atom. The molecule has 0 spiro atoms. The minimum atomic E-state index is -0.448. The van der Waals surface area contributed by atoms with Crippen LogP contribution >= 0.6 is 15.9 Å². The fourth-order valence-corrected chi connectivity index (χ4v) is 3.36. The molecule has 0 aliphatic heterocycles. The van der Waals surface area contributed by atoms with Crippen molar-refractivity contribution < 1.29 is 9.18 Å². The van der Waals surface area contributed by atoms with E-state index in [1.807, 2.05) is 0 Å². The van der Waals surface area contributed by atoms with Crippen molar-refractivity contribution in [1.82, 2.24) is 5.32 Å². The van der Waals surface area contributed by atoms with E-state index in [9.17, 15) is 9.18 Å². The van der Waals surface area contributed by atoms with Crippen LogP contribution in [-0.4, -0.2) is 12.5 Å². The van der Waals surface area contributed by atoms with Gasteiger partial charge in [-0.2, -0.15) is 0 Å². The maximum absolute atomic E-state index is 13.3. The number of benzene rings is 1. The fourth-order valence-electron chi connectivity index (χ4n) is 2.97. The van der Waals surface area contributed by atoms with Crippen molar-refractivity contribution in [3.8, 4) is 0 Å². The smallest absolute Gasteiger partial charge is 0.227 e. The molecule has 21 heavy (non-hydrogen) atoms. The van der Waals surface area contributed by atoms with E-state index in [1.165, 1.54) is 25.0 Å². The maximum Gasteiger partial charge on any atom is 0.227 e. The summed E-state index contributed by atoms with van der Waals surface area (Å²) in [5.41, 5.74) is 6.19. The number of rotatable bonds is 4. The molecular weight excluding hydrogens is 335 g/mol. The third-order valence-corrected chi connectivity index (χ3v) is 5.15. The Kier molecular flexibility index (Phi) is 5.76. The molecule has 1 fully saturated rings. The van der Waals surface area contributed by atoms with Crippen molar-refractivity contribution in [2.75, 3.05) is 6.54 Å². The van der Waals surface area contributed by atoms with Gasteiger partial charge in [-0.25, -0.2) is 4.39 Å². The summed E-state index contributed by atoms with van der Waals surface area (Å²) in [6.45, 7) is 0.697. The SMILES string of the molecule is NCC1(C(=O)NCc2cc(F)ccc2Br)CCCCCC1. The Labute approximate surface area is 133 Å². The van der Waals surface area contributed by atoms with Crippen molar-refractivity contribution in [3.05, 3.63) is 34.1 Å². The van der Waals surface area contributed by atoms with Crippen LogP contribution in [0.4, 0.5) is 4.39 Å². The molecule has 2 rings (SSSR count). The van der Waals surface area contributed by atoms with Gasteiger partial charge >= 0.3 is 0 Å². The molecule has 5 heteroatoms. The summed E-state index contributed by atoms with van der Waals surface area (Å²) >= 11 is 3.38. The van der Waals surface area contributed by atoms with Crippen molar-refractivity contribution in [2.45, 2.75) is 45.1 Å². The van der Waals surface area contributed by atoms with E-state index in [1.54, 1.807) is 6.07 Å². The number of nitrogens with one attached hydrogen (secondary N) is 1. The Bertz CT molecular complexity index is 499. The number of halogens is 2. The van der Waals surface area contributed by atoms with Crippen LogP contribution in [-0.2, 0) is 11.3 Å². The summed E-state index contributed by atoms with van der Waals surface area (Å²) in [6.07, 6.45) is 6.14. The molecule has 0 radical (unpaired) electrons. The van der Waals surface area contributed by atoms with E-state index in [2.05, 4.69) is 21.2 Å². The Balaban J connectivity index is 2.04. The van der Waals surface area contributed by atoms with Crippen molar-refractivity contribution in [2.24, 2.45) is 11.1 Å². The summed E-state index contributed by atoms with van der Waals surface area (Å²) in [4.78, 5) is 12.6. The highest BCUT2D eigenvalue weighted by Crippen LogP contribution is 2.34. The minimum Gasteiger partial charge on any atom is -0.351 e. The molecular formula is C16H22BrFN2O. The van der Waals surface area contributed by atoms with E-state index >= 15 is 0 Å². The molecule has 0 bridgehead atoms. The summed E-state index contributed by atoms with van der Waals surface area (Å²) in [5, 5.41) is 2.94. The van der Waals surface area contributed by atoms with Crippen LogP contribution in [0.1, 0.15) is 44.1 Å². The van der Waals surface area contributed by atoms with Gasteiger partial charge in [-0.05, 0) is 36.6 Å². The third-order valence-electron chi connectivity index (χ3n) is 4.38. The first-order valence-electron chi connectivity index (χ1n) is 7.50. The Hall–Kier alpha value is -0.940. The van der Waals surface area contributed by atoms with E-state index in [4.69, 9.17) is 5.73 Å². The van der Waals surface area contributed by atoms with E-state index in [0.717, 1.165) is 35.7 Å². The van der Waals surface area contributed by atoms with Gasteiger partial charge in [-0.15, -0.1) is 0 Å². The molecule has 0 heterocycles. The van der Waals surface area contributed by atoms with Crippen LogP contribution in [0.3, 0.4) is 0 Å². The van der Waals surface area contributed by atoms with Gasteiger partial charge in [-0.3, -0.25) is 4.79 Å². The first-order valence-corrected chi connectivity index (χ1v) is 8.29. The topological polar surface area (TPSA) is 55.1 Å². The zero-order valence-corrected chi connectivity index (χ0v) is 13.7. The lowest BCUT2D eigenvalue weighted by atomic mass is 9.79. The third kappa shape index (κ3) is 4.04. The van der Waals surface area contributed by atoms with Crippen LogP contribution in [0.2, 0.25) is 0 Å². The highest BCUT2D eigenvalue weighted by molar-refractivity contribution is 9.10. The second-order valence-corrected chi connectivity index (χ2v) is 6.67. The van der Waals surface area contributed by atoms with E-state index < -0.39 is 5.41 Å². The quantitative estimate of drug-likeness (QED) is 0.811. The number of hydrogen-bond donors (Lipinski definition) is 2. The number of hydrogen-bond acceptors (Lipinski definition) is 2. The van der Waals surface area contributed by atoms with Gasteiger partial charge in [0.15, 0.2) is 0 Å². The lowest BCUT2D eigenvalue weighted by Crippen LogP contribution is -2.45. The molecule has 0 saturated heterocycles. The van der Waals surface area contributed by atoms with Gasteiger partial charge in [0.1, 0.15) is 5.82 Å². The normalized spacial score (nSPS) is 18.0. The predicted molar refractivity (Wildman–Crippen MR) is 85.1 cm³/mol. The second kappa shape index (κ2) is 7.36. The maximum atomic E-state index is 13.3. The molecule has 1 saturated carbocycles. The predicted octanol–water partition coefficient (Wildman–Crippen LogP) is 3.50. The molecule has 1 aliphatic rings. The lowest BCUT2D eigenvalue weighted by molar-refractivity contribution is -0.131. The molecule has 1 aromatic carbocycles. The second-order valence-electron chi connectivity index (χ2n) is 5.82. The molecule has 1 aliphatic carbocycles. The Morgan fingerprint density at radius 2 is 1.95 bits per heavy atom. The van der Waals surface area contributed by atoms with Crippen LogP contribution in [0.25, 0.3) is 0 Å². The monoisotopic (exact) mass is 356 g/mol. The summed E-state index contributed by atoms with van der Waals surface area (Å²) < 4.78 is 14.1. The van der Waals surface area contributed by atoms with E-state index in [0.29, 0.717) is 13.1 Å². The van der Waals surface area contributed by atoms with Crippen LogP contribution in [0, 0.1) is 11.2 Å². The van der Waals surface area contributed by atoms with Gasteiger partial charge in [0, 0.05) is 17.6 Å². The van der Waals surface area contributed by atoms with E-state index in [-0.39, 0.29) is 11.7 Å². The van der Waals surface area contributed by atoms with Gasteiger partial charge in [0.05, 0.1) is 5.41 Å². The van der Waals surface area contributed by atoms with Crippen LogP contribution in [0.5, 0.6) is 0 Å². The average molecular weight is 357 g/mol. The largest absolute Gasteiger partial charge is 0.351 e. The molecule has 116 valence electrons. The van der Waals surface area contributed by atoms with Gasteiger partial charge in [0.25, 0.3) is 0 Å². The highest BCUT2D eigenvalue weighted by Gasteiger charge is 2.36. The molecule has 0 unspecified atom stereocenters. The number of nitrogens with two attached hydrogens (primary N) is 1. The lowest BCUT2D eigenvalue weighted by Gasteiger charge is -2.30. The fraction of sp³-hybridized carbons (Fsp3) is 0.562. The minimum absolute atomic E-state index is 0.00283. The first kappa shape index (κ1) is 16.4. The molecule has 1 aromatic rings. The van der Waals surface area contributed by atoms with Gasteiger partial charge in [-0.1, -0.05) is 41.6 Å². The molecule has 3 nitrogen and oxygen atoms in total. The van der Waals surface area contributed by atoms with Crippen LogP contribution < -0.4 is 11.1 Å². The molecule has 3 N–H and O–H groups in total. The van der Waals surface area contributed by atoms with Crippen molar-refractivity contribution >= 4 is 21.8 Å². The summed E-state index contributed by atoms with van der Waals surface area (Å²) in [6, 6.07) is 4.48. The molecule has 1 amide bonds. The summed E-state index contributed by atoms with van der Waals surface area (Å²) in [7, 11) is 0. The van der Waals surface area contributed by atoms with Gasteiger partial charge < -0.3 is 11.1 Å². The zero-order valence-electron chi connectivity index (χ0n) is 12.1. The number of carbonyl (C=O) groups excluding carboxylic acids is 1. The molecule has 0 atom stereocenters. The standard InChI is InChI=1S/C16H22BrFN2O/c17-14-6-5-13(18)9-12(14)10-20-15(21)16(11-19)7-3-1-2-4-8-16/h5-6,9H,1-4,7-8,10-11,19H2,(H,20,21). The van der Waals surface area contributed by atoms with Crippen LogP contribution in [0.15, 0.2) is 22.7 Å².